The zero-order valence-electron chi connectivity index (χ0n) is 33.5. The first kappa shape index (κ1) is 51.0. The Morgan fingerprint density at radius 1 is 0.645 bits per heavy atom. The fraction of sp³-hybridized carbons (Fsp3) is 0.824. The summed E-state index contributed by atoms with van der Waals surface area (Å²) in [6.07, 6.45) is -18.5. The average Bonchev–Trinajstić information content (AvgIpc) is 3.85. The van der Waals surface area contributed by atoms with Crippen molar-refractivity contribution < 1.29 is 98.7 Å². The maximum Gasteiger partial charge on any atom is 0.288 e. The lowest BCUT2D eigenvalue weighted by molar-refractivity contribution is -0.299. The molecule has 0 aromatic carbocycles. The van der Waals surface area contributed by atoms with Gasteiger partial charge in [-0.05, 0) is 25.9 Å². The van der Waals surface area contributed by atoms with E-state index in [2.05, 4.69) is 26.0 Å². The lowest BCUT2D eigenvalue weighted by atomic mass is 9.99. The van der Waals surface area contributed by atoms with E-state index in [1.165, 1.54) is 0 Å². The number of carbonyl (C=O) groups is 4. The van der Waals surface area contributed by atoms with Crippen molar-refractivity contribution in [2.45, 2.75) is 98.8 Å². The highest BCUT2D eigenvalue weighted by Crippen LogP contribution is 2.29. The van der Waals surface area contributed by atoms with Crippen LogP contribution in [-0.2, 0) is 42.8 Å². The molecule has 0 aliphatic carbocycles. The molecular weight excluding hydrogens is 840 g/mol. The number of amides is 4. The second-order valence-corrected chi connectivity index (χ2v) is 14.6. The maximum absolute atomic E-state index is 12.6. The molecule has 3 aliphatic rings. The summed E-state index contributed by atoms with van der Waals surface area (Å²) in [6.45, 7) is -1.67. The van der Waals surface area contributed by atoms with Gasteiger partial charge in [0, 0.05) is 26.2 Å². The topological polar surface area (TPSA) is 422 Å². The Bertz CT molecular complexity index is 1500. The number of nitrogens with one attached hydrogen (secondary N) is 3. The van der Waals surface area contributed by atoms with Crippen molar-refractivity contribution in [1.29, 1.82) is 0 Å². The van der Waals surface area contributed by atoms with Crippen molar-refractivity contribution in [3.05, 3.63) is 12.2 Å². The van der Waals surface area contributed by atoms with Crippen LogP contribution in [0.25, 0.3) is 0 Å². The van der Waals surface area contributed by atoms with Crippen LogP contribution in [0.1, 0.15) is 29.7 Å². The minimum Gasteiger partial charge on any atom is -0.394 e. The van der Waals surface area contributed by atoms with E-state index in [1.807, 2.05) is 4.90 Å². The van der Waals surface area contributed by atoms with E-state index >= 15 is 0 Å². The van der Waals surface area contributed by atoms with E-state index in [4.69, 9.17) is 34.2 Å². The number of rotatable bonds is 25. The van der Waals surface area contributed by atoms with Crippen LogP contribution in [0.5, 0.6) is 0 Å². The summed E-state index contributed by atoms with van der Waals surface area (Å²) in [5.41, 5.74) is 5.15. The van der Waals surface area contributed by atoms with E-state index in [9.17, 15) is 70.2 Å². The molecule has 354 valence electrons. The number of hydrogen-bond acceptors (Lipinski definition) is 23. The molecule has 28 heteroatoms. The number of ether oxygens (including phenoxy) is 6. The van der Waals surface area contributed by atoms with Crippen LogP contribution in [0.4, 0.5) is 0 Å². The summed E-state index contributed by atoms with van der Waals surface area (Å²) in [6, 6.07) is 0. The molecule has 3 saturated heterocycles. The third-order valence-corrected chi connectivity index (χ3v) is 9.99. The van der Waals surface area contributed by atoms with E-state index in [1.54, 1.807) is 0 Å². The number of aliphatic hydroxyl groups is 10. The number of primary amides is 1. The van der Waals surface area contributed by atoms with Gasteiger partial charge >= 0.3 is 0 Å². The monoisotopic (exact) mass is 898 g/mol. The molecule has 0 bridgehead atoms. The molecule has 10 unspecified atom stereocenters. The highest BCUT2D eigenvalue weighted by Gasteiger charge is 2.46. The summed E-state index contributed by atoms with van der Waals surface area (Å²) in [5.74, 6) is -2.92. The lowest BCUT2D eigenvalue weighted by Crippen LogP contribution is -2.59. The fourth-order valence-electron chi connectivity index (χ4n) is 6.49. The van der Waals surface area contributed by atoms with Gasteiger partial charge in [0.25, 0.3) is 5.91 Å². The quantitative estimate of drug-likeness (QED) is 0.0405. The average molecular weight is 899 g/mol. The van der Waals surface area contributed by atoms with Crippen LogP contribution >= 0.6 is 0 Å². The molecule has 0 spiro atoms. The smallest absolute Gasteiger partial charge is 0.288 e. The summed E-state index contributed by atoms with van der Waals surface area (Å²) in [4.78, 5) is 54.4. The number of nitrogens with zero attached hydrogens (tertiary/aromatic N) is 4. The summed E-state index contributed by atoms with van der Waals surface area (Å²) in [5, 5.41) is 111. The molecule has 1 aromatic rings. The van der Waals surface area contributed by atoms with Gasteiger partial charge < -0.3 is 106 Å². The third-order valence-electron chi connectivity index (χ3n) is 9.99. The standard InChI is InChI=1S/C34H58N8O20/c35-30(56)31-39-15-42(40-31)32-27(53)24(50)18(60-32)11-57-12-19(45)38-5-8-41(6-1-3-36-20(46)13-58-33-28(54)25(51)22(48)16(9-43)61-33)7-2-4-37-21(47)14-59-34-29(55)26(52)23(49)17(10-44)62-34/h15-18,22-29,32-34,43-44,48-55H,1-14H2,(H2,35,56)(H,36,46)(H,37,47)(H,38,45)/t16?,17?,18-,22?,23?,24-,25?,26?,27-,28?,29?,32-,33?,34?/m1/s1. The number of aromatic nitrogens is 3. The lowest BCUT2D eigenvalue weighted by Gasteiger charge is -2.39. The Kier molecular flexibility index (Phi) is 20.5. The van der Waals surface area contributed by atoms with Gasteiger partial charge in [-0.3, -0.25) is 19.2 Å². The Balaban J connectivity index is 1.19. The first-order valence-corrected chi connectivity index (χ1v) is 19.7. The minimum absolute atomic E-state index is 0.138. The summed E-state index contributed by atoms with van der Waals surface area (Å²) < 4.78 is 33.0. The van der Waals surface area contributed by atoms with Gasteiger partial charge in [0.05, 0.1) is 19.8 Å². The predicted octanol–water partition coefficient (Wildman–Crippen LogP) is -9.92. The SMILES string of the molecule is NC(=O)c1ncn([C@@H]2O[C@H](COCC(=O)NCCN(CCCNC(=O)COC3OC(CO)C(O)C(O)C3O)CCCNC(=O)COC3OC(CO)C(O)C(O)C3O)[C@@H](O)[C@H]2O)n1. The molecule has 0 radical (unpaired) electrons. The Hall–Kier alpha value is -3.66. The van der Waals surface area contributed by atoms with Crippen LogP contribution in [0.2, 0.25) is 0 Å². The van der Waals surface area contributed by atoms with Crippen LogP contribution in [0, 0.1) is 0 Å². The third kappa shape index (κ3) is 14.4. The molecule has 4 heterocycles. The van der Waals surface area contributed by atoms with E-state index in [0.29, 0.717) is 32.5 Å². The van der Waals surface area contributed by atoms with Crippen LogP contribution < -0.4 is 21.7 Å². The van der Waals surface area contributed by atoms with Crippen molar-refractivity contribution in [2.75, 3.05) is 78.9 Å². The molecule has 3 fully saturated rings. The second-order valence-electron chi connectivity index (χ2n) is 14.6. The summed E-state index contributed by atoms with van der Waals surface area (Å²) in [7, 11) is 0. The van der Waals surface area contributed by atoms with Crippen molar-refractivity contribution in [3.8, 4) is 0 Å². The van der Waals surface area contributed by atoms with Crippen molar-refractivity contribution in [1.82, 2.24) is 35.6 Å². The van der Waals surface area contributed by atoms with Gasteiger partial charge in [-0.15, -0.1) is 5.10 Å². The molecule has 3 aliphatic heterocycles. The molecule has 15 N–H and O–H groups in total. The van der Waals surface area contributed by atoms with Crippen molar-refractivity contribution in [2.24, 2.45) is 5.73 Å². The molecular formula is C34H58N8O20. The highest BCUT2D eigenvalue weighted by atomic mass is 16.7. The van der Waals surface area contributed by atoms with Crippen LogP contribution in [-0.4, -0.2) is 253 Å². The van der Waals surface area contributed by atoms with Crippen molar-refractivity contribution in [3.63, 3.8) is 0 Å². The molecule has 4 amide bonds. The Morgan fingerprint density at radius 3 is 1.61 bits per heavy atom. The maximum atomic E-state index is 12.6. The minimum atomic E-state index is -1.68. The molecule has 1 aromatic heterocycles. The van der Waals surface area contributed by atoms with Crippen LogP contribution in [0.15, 0.2) is 6.33 Å². The van der Waals surface area contributed by atoms with Gasteiger partial charge in [0.1, 0.15) is 93.3 Å². The normalized spacial score (nSPS) is 32.4. The van der Waals surface area contributed by atoms with Crippen molar-refractivity contribution >= 4 is 23.6 Å². The fourth-order valence-corrected chi connectivity index (χ4v) is 6.49. The zero-order valence-corrected chi connectivity index (χ0v) is 33.5. The van der Waals surface area contributed by atoms with E-state index < -0.39 is 143 Å². The predicted molar refractivity (Wildman–Crippen MR) is 199 cm³/mol. The zero-order chi connectivity index (χ0) is 45.5. The van der Waals surface area contributed by atoms with E-state index in [-0.39, 0.29) is 32.1 Å². The number of hydrogen-bond donors (Lipinski definition) is 14. The first-order chi connectivity index (χ1) is 29.6. The molecule has 14 atom stereocenters. The molecule has 4 rings (SSSR count). The van der Waals surface area contributed by atoms with Crippen LogP contribution in [0.3, 0.4) is 0 Å². The highest BCUT2D eigenvalue weighted by molar-refractivity contribution is 5.88. The van der Waals surface area contributed by atoms with Gasteiger partial charge in [0.15, 0.2) is 18.8 Å². The summed E-state index contributed by atoms with van der Waals surface area (Å²) >= 11 is 0. The van der Waals surface area contributed by atoms with Gasteiger partial charge in [-0.25, -0.2) is 9.67 Å². The Labute approximate surface area is 353 Å². The first-order valence-electron chi connectivity index (χ1n) is 19.7. The number of carbonyl (C=O) groups excluding carboxylic acids is 4. The largest absolute Gasteiger partial charge is 0.394 e. The van der Waals surface area contributed by atoms with Gasteiger partial charge in [-0.2, -0.15) is 0 Å². The van der Waals surface area contributed by atoms with Gasteiger partial charge in [0.2, 0.25) is 23.5 Å². The van der Waals surface area contributed by atoms with Gasteiger partial charge in [-0.1, -0.05) is 0 Å². The van der Waals surface area contributed by atoms with E-state index in [0.717, 1.165) is 11.0 Å². The number of nitrogens with two attached hydrogens (primary N) is 1. The molecule has 62 heavy (non-hydrogen) atoms. The molecule has 28 nitrogen and oxygen atoms in total. The Morgan fingerprint density at radius 2 is 1.13 bits per heavy atom. The second kappa shape index (κ2) is 25.0. The number of aliphatic hydroxyl groups excluding tert-OH is 10. The molecule has 0 saturated carbocycles.